The van der Waals surface area contributed by atoms with E-state index in [1.807, 2.05) is 73.8 Å². The minimum Gasteiger partial charge on any atom is -0.482 e. The number of rotatable bonds is 8. The molecule has 232 valence electrons. The Hall–Kier alpha value is -3.50. The van der Waals surface area contributed by atoms with E-state index in [0.717, 1.165) is 35.3 Å². The van der Waals surface area contributed by atoms with Gasteiger partial charge in [-0.15, -0.1) is 0 Å². The van der Waals surface area contributed by atoms with Gasteiger partial charge in [0.25, 0.3) is 5.91 Å². The summed E-state index contributed by atoms with van der Waals surface area (Å²) < 4.78 is 12.2. The average Bonchev–Trinajstić information content (AvgIpc) is 3.33. The molecule has 0 unspecified atom stereocenters. The van der Waals surface area contributed by atoms with Gasteiger partial charge in [-0.05, 0) is 79.2 Å². The first kappa shape index (κ1) is 30.5. The fourth-order valence-corrected chi connectivity index (χ4v) is 10.1. The molecule has 0 aliphatic carbocycles. The molecule has 2 amide bonds. The number of benzene rings is 3. The number of hydrogen-bond donors (Lipinski definition) is 2. The Morgan fingerprint density at radius 2 is 1.75 bits per heavy atom. The van der Waals surface area contributed by atoms with Crippen molar-refractivity contribution in [2.45, 2.75) is 76.0 Å². The van der Waals surface area contributed by atoms with Crippen LogP contribution in [0.4, 0.5) is 11.4 Å². The molecule has 0 spiro atoms. The lowest BCUT2D eigenvalue weighted by molar-refractivity contribution is -0.138. The van der Waals surface area contributed by atoms with Gasteiger partial charge in [-0.2, -0.15) is 0 Å². The SMILES string of the molecule is C[C@H]1[C@H]([Si](C)(C)O)[C@@H](CC(=O)N2Cc3ccccc3C[C@H]2CO)O[C@H]1CCc1cccc(N2C(=O)COc3ccccc32)c1. The van der Waals surface area contributed by atoms with E-state index in [-0.39, 0.29) is 61.2 Å². The van der Waals surface area contributed by atoms with Gasteiger partial charge in [0.15, 0.2) is 14.9 Å². The Morgan fingerprint density at radius 3 is 2.52 bits per heavy atom. The first-order valence-electron chi connectivity index (χ1n) is 15.6. The normalized spacial score (nSPS) is 24.9. The van der Waals surface area contributed by atoms with Gasteiger partial charge in [-0.25, -0.2) is 0 Å². The van der Waals surface area contributed by atoms with Crippen LogP contribution in [0, 0.1) is 5.92 Å². The summed E-state index contributed by atoms with van der Waals surface area (Å²) in [6.45, 7) is 6.40. The first-order chi connectivity index (χ1) is 21.1. The molecular formula is C35H42N2O6Si. The van der Waals surface area contributed by atoms with E-state index in [9.17, 15) is 19.5 Å². The molecule has 3 aromatic carbocycles. The third-order valence-corrected chi connectivity index (χ3v) is 12.1. The summed E-state index contributed by atoms with van der Waals surface area (Å²) in [4.78, 5) is 41.4. The van der Waals surface area contributed by atoms with Crippen LogP contribution in [0.15, 0.2) is 72.8 Å². The van der Waals surface area contributed by atoms with Gasteiger partial charge in [0.2, 0.25) is 5.91 Å². The maximum Gasteiger partial charge on any atom is 0.269 e. The molecule has 0 aromatic heterocycles. The number of nitrogens with zero attached hydrogens (tertiary/aromatic N) is 2. The number of para-hydroxylation sites is 2. The smallest absolute Gasteiger partial charge is 0.269 e. The number of fused-ring (bicyclic) bond motifs is 2. The largest absolute Gasteiger partial charge is 0.482 e. The lowest BCUT2D eigenvalue weighted by Gasteiger charge is -2.37. The van der Waals surface area contributed by atoms with Crippen LogP contribution >= 0.6 is 0 Å². The van der Waals surface area contributed by atoms with E-state index in [4.69, 9.17) is 9.47 Å². The topological polar surface area (TPSA) is 99.5 Å². The first-order valence-corrected chi connectivity index (χ1v) is 18.6. The minimum atomic E-state index is -2.67. The van der Waals surface area contributed by atoms with Crippen LogP contribution in [-0.4, -0.2) is 66.4 Å². The number of aryl methyl sites for hydroxylation is 1. The van der Waals surface area contributed by atoms with Crippen molar-refractivity contribution in [1.82, 2.24) is 4.90 Å². The van der Waals surface area contributed by atoms with Crippen molar-refractivity contribution in [3.63, 3.8) is 0 Å². The Kier molecular flexibility index (Phi) is 8.65. The van der Waals surface area contributed by atoms with Gasteiger partial charge < -0.3 is 24.3 Å². The van der Waals surface area contributed by atoms with Gasteiger partial charge in [0.1, 0.15) is 5.75 Å². The van der Waals surface area contributed by atoms with Crippen molar-refractivity contribution in [2.75, 3.05) is 18.1 Å². The maximum atomic E-state index is 13.7. The summed E-state index contributed by atoms with van der Waals surface area (Å²) in [6.07, 6.45) is 1.81. The second-order valence-electron chi connectivity index (χ2n) is 13.0. The molecule has 1 saturated heterocycles. The van der Waals surface area contributed by atoms with E-state index < -0.39 is 8.32 Å². The van der Waals surface area contributed by atoms with E-state index in [1.54, 1.807) is 9.80 Å². The number of anilines is 2. The number of carbonyl (C=O) groups is 2. The van der Waals surface area contributed by atoms with E-state index in [2.05, 4.69) is 19.1 Å². The molecule has 3 heterocycles. The van der Waals surface area contributed by atoms with Gasteiger partial charge in [-0.1, -0.05) is 55.5 Å². The Morgan fingerprint density at radius 1 is 1.00 bits per heavy atom. The zero-order valence-corrected chi connectivity index (χ0v) is 26.7. The van der Waals surface area contributed by atoms with Gasteiger partial charge in [0.05, 0.1) is 37.0 Å². The van der Waals surface area contributed by atoms with E-state index in [0.29, 0.717) is 18.7 Å². The fraction of sp³-hybridized carbons (Fsp3) is 0.429. The lowest BCUT2D eigenvalue weighted by Crippen LogP contribution is -2.48. The number of ether oxygens (including phenoxy) is 2. The van der Waals surface area contributed by atoms with Crippen LogP contribution in [0.2, 0.25) is 18.6 Å². The Labute approximate surface area is 260 Å². The molecule has 9 heteroatoms. The third-order valence-electron chi connectivity index (χ3n) is 9.57. The molecule has 6 rings (SSSR count). The number of hydrogen-bond acceptors (Lipinski definition) is 6. The van der Waals surface area contributed by atoms with Crippen LogP contribution < -0.4 is 9.64 Å². The van der Waals surface area contributed by atoms with Crippen molar-refractivity contribution >= 4 is 31.5 Å². The number of aliphatic hydroxyl groups is 1. The molecule has 2 N–H and O–H groups in total. The molecule has 3 aliphatic heterocycles. The van der Waals surface area contributed by atoms with E-state index in [1.165, 1.54) is 5.56 Å². The average molecular weight is 615 g/mol. The van der Waals surface area contributed by atoms with Crippen LogP contribution in [0.3, 0.4) is 0 Å². The number of amides is 2. The fourth-order valence-electron chi connectivity index (χ4n) is 7.48. The summed E-state index contributed by atoms with van der Waals surface area (Å²) in [5.74, 6) is 0.626. The molecule has 3 aromatic rings. The molecule has 3 aliphatic rings. The van der Waals surface area contributed by atoms with E-state index >= 15 is 0 Å². The minimum absolute atomic E-state index is 0.00000799. The van der Waals surface area contributed by atoms with Gasteiger partial charge >= 0.3 is 0 Å². The highest BCUT2D eigenvalue weighted by Gasteiger charge is 2.50. The zero-order chi connectivity index (χ0) is 31.0. The standard InChI is InChI=1S/C35H42N2O6Si/c1-23-30(16-15-24-9-8-12-27(17-24)37-29-13-6-7-14-31(29)42-22-34(37)40)43-32(35(23)44(2,3)41)19-33(39)36-20-26-11-5-4-10-25(26)18-28(36)21-38/h4-14,17,23,28,30,32,35,38,41H,15-16,18-22H2,1-3H3/t23-,28+,30+,32-,35+/m1/s1. The zero-order valence-electron chi connectivity index (χ0n) is 25.7. The summed E-state index contributed by atoms with van der Waals surface area (Å²) in [5.41, 5.74) is 4.83. The molecule has 44 heavy (non-hydrogen) atoms. The molecular weight excluding hydrogens is 572 g/mol. The Balaban J connectivity index is 1.15. The van der Waals surface area contributed by atoms with Crippen molar-refractivity contribution in [3.05, 3.63) is 89.5 Å². The molecule has 0 bridgehead atoms. The van der Waals surface area contributed by atoms with Crippen LogP contribution in [0.5, 0.6) is 5.75 Å². The second kappa shape index (κ2) is 12.5. The molecule has 0 radical (unpaired) electrons. The Bertz CT molecular complexity index is 1520. The quantitative estimate of drug-likeness (QED) is 0.347. The third kappa shape index (κ3) is 6.06. The van der Waals surface area contributed by atoms with Crippen molar-refractivity contribution < 1.29 is 29.0 Å². The summed E-state index contributed by atoms with van der Waals surface area (Å²) >= 11 is 0. The van der Waals surface area contributed by atoms with Crippen molar-refractivity contribution in [1.29, 1.82) is 0 Å². The monoisotopic (exact) mass is 614 g/mol. The van der Waals surface area contributed by atoms with Crippen molar-refractivity contribution in [2.24, 2.45) is 5.92 Å². The van der Waals surface area contributed by atoms with Crippen LogP contribution in [0.1, 0.15) is 36.5 Å². The molecule has 1 fully saturated rings. The van der Waals surface area contributed by atoms with Crippen LogP contribution in [0.25, 0.3) is 0 Å². The highest BCUT2D eigenvalue weighted by Crippen LogP contribution is 2.46. The predicted molar refractivity (Wildman–Crippen MR) is 171 cm³/mol. The molecule has 0 saturated carbocycles. The summed E-state index contributed by atoms with van der Waals surface area (Å²) in [5, 5.41) is 10.1. The van der Waals surface area contributed by atoms with Gasteiger partial charge in [-0.3, -0.25) is 14.5 Å². The predicted octanol–water partition coefficient (Wildman–Crippen LogP) is 4.98. The van der Waals surface area contributed by atoms with Gasteiger partial charge in [0, 0.05) is 17.8 Å². The second-order valence-corrected chi connectivity index (χ2v) is 17.0. The van der Waals surface area contributed by atoms with Crippen LogP contribution in [-0.2, 0) is 33.7 Å². The maximum absolute atomic E-state index is 13.7. The number of aliphatic hydroxyl groups excluding tert-OH is 1. The summed E-state index contributed by atoms with van der Waals surface area (Å²) in [7, 11) is -2.67. The summed E-state index contributed by atoms with van der Waals surface area (Å²) in [6, 6.07) is 23.4. The molecule has 8 nitrogen and oxygen atoms in total. The highest BCUT2D eigenvalue weighted by molar-refractivity contribution is 6.71. The number of carbonyl (C=O) groups excluding carboxylic acids is 2. The highest BCUT2D eigenvalue weighted by atomic mass is 28.4. The molecule has 5 atom stereocenters. The lowest BCUT2D eigenvalue weighted by atomic mass is 9.93. The van der Waals surface area contributed by atoms with Crippen molar-refractivity contribution in [3.8, 4) is 5.75 Å².